The summed E-state index contributed by atoms with van der Waals surface area (Å²) < 4.78 is 67.4. The average Bonchev–Trinajstić information content (AvgIpc) is 3.32. The molecule has 5 nitrogen and oxygen atoms in total. The van der Waals surface area contributed by atoms with Crippen LogP contribution >= 0.6 is 0 Å². The number of imidazole rings is 1. The molecule has 0 spiro atoms. The minimum absolute atomic E-state index is 0.163. The molecule has 0 saturated carbocycles. The van der Waals surface area contributed by atoms with Crippen LogP contribution in [0.1, 0.15) is 0 Å². The summed E-state index contributed by atoms with van der Waals surface area (Å²) >= 11 is 0. The number of benzene rings is 4. The Morgan fingerprint density at radius 3 is 2.00 bits per heavy atom. The number of anilines is 1. The Balaban J connectivity index is 1.92. The van der Waals surface area contributed by atoms with E-state index in [1.807, 2.05) is 48.5 Å². The largest absolute Gasteiger partial charge is 0.516 e. The minimum Gasteiger partial charge on any atom is -0.306 e. The summed E-state index contributed by atoms with van der Waals surface area (Å²) in [6.07, 6.45) is 4.89. The first-order valence-corrected chi connectivity index (χ1v) is 11.4. The summed E-state index contributed by atoms with van der Waals surface area (Å²) in [5.41, 5.74) is -4.04. The number of hydrogen-bond acceptors (Lipinski definition) is 3. The van der Waals surface area contributed by atoms with Gasteiger partial charge in [-0.3, -0.25) is 4.72 Å². The number of sulfonamides is 1. The molecule has 0 bridgehead atoms. The Labute approximate surface area is 187 Å². The Morgan fingerprint density at radius 2 is 1.39 bits per heavy atom. The minimum atomic E-state index is -5.64. The molecule has 0 saturated heterocycles. The third kappa shape index (κ3) is 3.60. The molecule has 0 unspecified atom stereocenters. The first kappa shape index (κ1) is 21.0. The smallest absolute Gasteiger partial charge is 0.306 e. The number of halogens is 3. The zero-order valence-corrected chi connectivity index (χ0v) is 17.7. The van der Waals surface area contributed by atoms with Crippen molar-refractivity contribution in [1.29, 1.82) is 0 Å². The van der Waals surface area contributed by atoms with E-state index in [9.17, 15) is 21.6 Å². The molecule has 5 rings (SSSR count). The molecule has 0 radical (unpaired) electrons. The van der Waals surface area contributed by atoms with Crippen molar-refractivity contribution >= 4 is 37.3 Å². The lowest BCUT2D eigenvalue weighted by molar-refractivity contribution is -0.0429. The van der Waals surface area contributed by atoms with Gasteiger partial charge in [-0.25, -0.2) is 4.98 Å². The van der Waals surface area contributed by atoms with Crippen LogP contribution in [0.4, 0.5) is 18.9 Å². The molecule has 0 aliphatic rings. The lowest BCUT2D eigenvalue weighted by atomic mass is 9.91. The van der Waals surface area contributed by atoms with Crippen LogP contribution in [0.3, 0.4) is 0 Å². The van der Waals surface area contributed by atoms with E-state index in [1.54, 1.807) is 46.2 Å². The first-order chi connectivity index (χ1) is 15.8. The average molecular weight is 467 g/mol. The third-order valence-corrected chi connectivity index (χ3v) is 6.52. The van der Waals surface area contributed by atoms with Gasteiger partial charge in [0.15, 0.2) is 0 Å². The molecule has 0 aliphatic heterocycles. The van der Waals surface area contributed by atoms with Crippen molar-refractivity contribution in [1.82, 2.24) is 9.55 Å². The zero-order chi connectivity index (χ0) is 23.2. The van der Waals surface area contributed by atoms with Gasteiger partial charge in [-0.1, -0.05) is 60.7 Å². The van der Waals surface area contributed by atoms with Gasteiger partial charge in [0.2, 0.25) is 0 Å². The maximum atomic E-state index is 13.3. The number of nitrogens with one attached hydrogen (secondary N) is 1. The fourth-order valence-electron chi connectivity index (χ4n) is 3.97. The van der Waals surface area contributed by atoms with Crippen LogP contribution in [0.15, 0.2) is 91.5 Å². The van der Waals surface area contributed by atoms with Crippen molar-refractivity contribution in [2.45, 2.75) is 5.51 Å². The number of hydrogen-bond donors (Lipinski definition) is 1. The third-order valence-electron chi connectivity index (χ3n) is 5.42. The number of rotatable bonds is 4. The molecular formula is C24H16F3N3O2S. The van der Waals surface area contributed by atoms with Crippen molar-refractivity contribution in [3.8, 4) is 16.8 Å². The first-order valence-electron chi connectivity index (χ1n) is 9.87. The summed E-state index contributed by atoms with van der Waals surface area (Å²) in [5.74, 6) is 0. The van der Waals surface area contributed by atoms with E-state index in [0.29, 0.717) is 22.2 Å². The molecule has 0 atom stereocenters. The van der Waals surface area contributed by atoms with Gasteiger partial charge in [0, 0.05) is 23.5 Å². The Morgan fingerprint density at radius 1 is 0.788 bits per heavy atom. The molecule has 0 aliphatic carbocycles. The topological polar surface area (TPSA) is 64.0 Å². The van der Waals surface area contributed by atoms with E-state index in [0.717, 1.165) is 16.2 Å². The van der Waals surface area contributed by atoms with Crippen LogP contribution in [-0.4, -0.2) is 23.5 Å². The summed E-state index contributed by atoms with van der Waals surface area (Å²) in [5, 5.41) is 2.98. The second-order valence-corrected chi connectivity index (χ2v) is 9.09. The quantitative estimate of drug-likeness (QED) is 0.347. The number of nitrogens with zero attached hydrogens (tertiary/aromatic N) is 2. The Bertz CT molecular complexity index is 1600. The number of aromatic nitrogens is 2. The second-order valence-electron chi connectivity index (χ2n) is 7.41. The Hall–Kier alpha value is -3.85. The van der Waals surface area contributed by atoms with Crippen LogP contribution in [0.25, 0.3) is 38.4 Å². The molecule has 0 fully saturated rings. The number of alkyl halides is 3. The molecule has 0 amide bonds. The van der Waals surface area contributed by atoms with Crippen LogP contribution in [0.2, 0.25) is 0 Å². The molecule has 1 heterocycles. The SMILES string of the molecule is O=S(=O)(Nc1ccc2ccccc2c1-c1c(-n2ccnc2)ccc2ccccc12)C(F)(F)F. The van der Waals surface area contributed by atoms with Crippen LogP contribution < -0.4 is 4.72 Å². The highest BCUT2D eigenvalue weighted by Crippen LogP contribution is 2.43. The molecule has 166 valence electrons. The van der Waals surface area contributed by atoms with E-state index < -0.39 is 15.5 Å². The van der Waals surface area contributed by atoms with Crippen molar-refractivity contribution in [2.24, 2.45) is 0 Å². The predicted molar refractivity (Wildman–Crippen MR) is 123 cm³/mol. The summed E-state index contributed by atoms with van der Waals surface area (Å²) in [6.45, 7) is 0. The standard InChI is InChI=1S/C24H16F3N3O2S/c25-24(26,27)33(31,32)29-20-11-9-16-5-1-3-7-18(16)22(20)23-19-8-4-2-6-17(19)10-12-21(23)30-14-13-28-15-30/h1-15,29H. The lowest BCUT2D eigenvalue weighted by Gasteiger charge is -2.20. The van der Waals surface area contributed by atoms with Crippen LogP contribution in [-0.2, 0) is 10.0 Å². The van der Waals surface area contributed by atoms with E-state index in [2.05, 4.69) is 4.98 Å². The molecule has 5 aromatic rings. The molecule has 9 heteroatoms. The van der Waals surface area contributed by atoms with E-state index in [-0.39, 0.29) is 5.69 Å². The second kappa shape index (κ2) is 7.63. The lowest BCUT2D eigenvalue weighted by Crippen LogP contribution is -2.30. The van der Waals surface area contributed by atoms with Gasteiger partial charge in [-0.15, -0.1) is 0 Å². The predicted octanol–water partition coefficient (Wildman–Crippen LogP) is 6.11. The van der Waals surface area contributed by atoms with Gasteiger partial charge >= 0.3 is 15.5 Å². The highest BCUT2D eigenvalue weighted by molar-refractivity contribution is 7.93. The van der Waals surface area contributed by atoms with Gasteiger partial charge < -0.3 is 4.57 Å². The molecule has 1 N–H and O–H groups in total. The summed E-state index contributed by atoms with van der Waals surface area (Å²) in [7, 11) is -5.64. The molecule has 33 heavy (non-hydrogen) atoms. The fraction of sp³-hybridized carbons (Fsp3) is 0.0417. The van der Waals surface area contributed by atoms with Gasteiger partial charge in [0.05, 0.1) is 17.7 Å². The van der Waals surface area contributed by atoms with Gasteiger partial charge in [-0.05, 0) is 33.7 Å². The molecule has 4 aromatic carbocycles. The van der Waals surface area contributed by atoms with Crippen LogP contribution in [0.5, 0.6) is 0 Å². The van der Waals surface area contributed by atoms with Gasteiger partial charge in [0.25, 0.3) is 0 Å². The summed E-state index contributed by atoms with van der Waals surface area (Å²) in [6, 6.07) is 21.3. The monoisotopic (exact) mass is 467 g/mol. The summed E-state index contributed by atoms with van der Waals surface area (Å²) in [4.78, 5) is 4.09. The number of fused-ring (bicyclic) bond motifs is 2. The molecular weight excluding hydrogens is 451 g/mol. The van der Waals surface area contributed by atoms with Crippen LogP contribution in [0, 0.1) is 0 Å². The van der Waals surface area contributed by atoms with E-state index >= 15 is 0 Å². The van der Waals surface area contributed by atoms with E-state index in [1.165, 1.54) is 6.07 Å². The van der Waals surface area contributed by atoms with Crippen molar-refractivity contribution in [3.05, 3.63) is 91.5 Å². The highest BCUT2D eigenvalue weighted by atomic mass is 32.2. The fourth-order valence-corrected chi connectivity index (χ4v) is 4.54. The maximum Gasteiger partial charge on any atom is 0.516 e. The Kier molecular flexibility index (Phi) is 4.86. The van der Waals surface area contributed by atoms with Crippen molar-refractivity contribution in [3.63, 3.8) is 0 Å². The van der Waals surface area contributed by atoms with Crippen molar-refractivity contribution < 1.29 is 21.6 Å². The van der Waals surface area contributed by atoms with E-state index in [4.69, 9.17) is 0 Å². The molecule has 1 aromatic heterocycles. The maximum absolute atomic E-state index is 13.3. The van der Waals surface area contributed by atoms with Crippen molar-refractivity contribution in [2.75, 3.05) is 4.72 Å². The zero-order valence-electron chi connectivity index (χ0n) is 16.9. The normalized spacial score (nSPS) is 12.3. The highest BCUT2D eigenvalue weighted by Gasteiger charge is 2.46. The van der Waals surface area contributed by atoms with Gasteiger partial charge in [0.1, 0.15) is 0 Å². The van der Waals surface area contributed by atoms with Gasteiger partial charge in [-0.2, -0.15) is 21.6 Å².